The number of amides is 2. The molecule has 2 amide bonds. The summed E-state index contributed by atoms with van der Waals surface area (Å²) >= 11 is 0. The maximum Gasteiger partial charge on any atom is 0.321 e. The minimum Gasteiger partial charge on any atom is -0.495 e. The van der Waals surface area contributed by atoms with Gasteiger partial charge in [-0.2, -0.15) is 0 Å². The van der Waals surface area contributed by atoms with Crippen LogP contribution in [0.2, 0.25) is 0 Å². The lowest BCUT2D eigenvalue weighted by Crippen LogP contribution is -2.41. The Morgan fingerprint density at radius 2 is 1.92 bits per heavy atom. The molecule has 1 aromatic heterocycles. The van der Waals surface area contributed by atoms with Crippen molar-refractivity contribution in [3.05, 3.63) is 48.8 Å². The third kappa shape index (κ3) is 4.88. The standard InChI is InChI=1S/C20H25N3O3/c1-25-19-5-3-2-4-18(19)22-20(24)23-13-8-16(9-14-23)10-15-26-17-6-11-21-12-7-17/h2-7,11-12,16H,8-10,13-15H2,1H3,(H,22,24). The molecular weight excluding hydrogens is 330 g/mol. The van der Waals surface area contributed by atoms with Gasteiger partial charge in [-0.3, -0.25) is 4.98 Å². The molecule has 1 aromatic carbocycles. The fourth-order valence-corrected chi connectivity index (χ4v) is 3.14. The van der Waals surface area contributed by atoms with Gasteiger partial charge in [0.25, 0.3) is 0 Å². The van der Waals surface area contributed by atoms with E-state index in [0.29, 0.717) is 24.0 Å². The molecule has 0 spiro atoms. The molecule has 6 nitrogen and oxygen atoms in total. The first-order valence-corrected chi connectivity index (χ1v) is 8.98. The summed E-state index contributed by atoms with van der Waals surface area (Å²) in [6.45, 7) is 2.23. The van der Waals surface area contributed by atoms with E-state index in [1.165, 1.54) is 0 Å². The molecule has 138 valence electrons. The van der Waals surface area contributed by atoms with Gasteiger partial charge in [0.1, 0.15) is 11.5 Å². The number of likely N-dealkylation sites (tertiary alicyclic amines) is 1. The molecule has 3 rings (SSSR count). The van der Waals surface area contributed by atoms with Crippen LogP contribution < -0.4 is 14.8 Å². The van der Waals surface area contributed by atoms with Crippen molar-refractivity contribution in [3.63, 3.8) is 0 Å². The quantitative estimate of drug-likeness (QED) is 0.856. The number of carbonyl (C=O) groups is 1. The third-order valence-electron chi connectivity index (χ3n) is 4.69. The molecular formula is C20H25N3O3. The maximum absolute atomic E-state index is 12.5. The summed E-state index contributed by atoms with van der Waals surface area (Å²) in [5.41, 5.74) is 0.702. The van der Waals surface area contributed by atoms with E-state index in [2.05, 4.69) is 10.3 Å². The SMILES string of the molecule is COc1ccccc1NC(=O)N1CCC(CCOc2ccncc2)CC1. The first-order chi connectivity index (χ1) is 12.8. The van der Waals surface area contributed by atoms with Crippen LogP contribution in [-0.2, 0) is 0 Å². The molecule has 0 unspecified atom stereocenters. The number of ether oxygens (including phenoxy) is 2. The summed E-state index contributed by atoms with van der Waals surface area (Å²) in [7, 11) is 1.60. The topological polar surface area (TPSA) is 63.7 Å². The Balaban J connectivity index is 1.41. The zero-order chi connectivity index (χ0) is 18.2. The number of rotatable bonds is 6. The number of nitrogens with one attached hydrogen (secondary N) is 1. The van der Waals surface area contributed by atoms with E-state index < -0.39 is 0 Å². The molecule has 26 heavy (non-hydrogen) atoms. The van der Waals surface area contributed by atoms with Gasteiger partial charge in [-0.15, -0.1) is 0 Å². The number of methoxy groups -OCH3 is 1. The Hall–Kier alpha value is -2.76. The van der Waals surface area contributed by atoms with E-state index >= 15 is 0 Å². The molecule has 0 aliphatic carbocycles. The number of aromatic nitrogens is 1. The Bertz CT molecular complexity index is 700. The van der Waals surface area contributed by atoms with Crippen molar-refractivity contribution in [2.24, 2.45) is 5.92 Å². The molecule has 2 aromatic rings. The molecule has 1 aliphatic heterocycles. The van der Waals surface area contributed by atoms with Gasteiger partial charge in [0, 0.05) is 25.5 Å². The van der Waals surface area contributed by atoms with Crippen LogP contribution >= 0.6 is 0 Å². The van der Waals surface area contributed by atoms with Gasteiger partial charge in [-0.05, 0) is 49.4 Å². The van der Waals surface area contributed by atoms with Crippen LogP contribution in [0.25, 0.3) is 0 Å². The summed E-state index contributed by atoms with van der Waals surface area (Å²) in [6, 6.07) is 11.1. The number of piperidine rings is 1. The number of pyridine rings is 1. The lowest BCUT2D eigenvalue weighted by atomic mass is 9.94. The fraction of sp³-hybridized carbons (Fsp3) is 0.400. The predicted octanol–water partition coefficient (Wildman–Crippen LogP) is 3.80. The van der Waals surface area contributed by atoms with E-state index in [0.717, 1.165) is 38.1 Å². The number of urea groups is 1. The van der Waals surface area contributed by atoms with Gasteiger partial charge in [0.15, 0.2) is 0 Å². The summed E-state index contributed by atoms with van der Waals surface area (Å²) in [6.07, 6.45) is 6.46. The highest BCUT2D eigenvalue weighted by atomic mass is 16.5. The second kappa shape index (κ2) is 9.08. The molecule has 1 fully saturated rings. The zero-order valence-electron chi connectivity index (χ0n) is 15.1. The number of para-hydroxylation sites is 2. The summed E-state index contributed by atoms with van der Waals surface area (Å²) in [5, 5.41) is 2.94. The van der Waals surface area contributed by atoms with Crippen molar-refractivity contribution >= 4 is 11.7 Å². The predicted molar refractivity (Wildman–Crippen MR) is 101 cm³/mol. The van der Waals surface area contributed by atoms with Crippen molar-refractivity contribution in [2.75, 3.05) is 32.1 Å². The van der Waals surface area contributed by atoms with Crippen LogP contribution in [0.5, 0.6) is 11.5 Å². The molecule has 1 aliphatic rings. The lowest BCUT2D eigenvalue weighted by Gasteiger charge is -2.32. The molecule has 1 N–H and O–H groups in total. The van der Waals surface area contributed by atoms with E-state index in [9.17, 15) is 4.79 Å². The van der Waals surface area contributed by atoms with Gasteiger partial charge in [-0.25, -0.2) is 4.79 Å². The molecule has 0 atom stereocenters. The first-order valence-electron chi connectivity index (χ1n) is 8.98. The van der Waals surface area contributed by atoms with Crippen molar-refractivity contribution in [2.45, 2.75) is 19.3 Å². The Labute approximate surface area is 154 Å². The smallest absolute Gasteiger partial charge is 0.321 e. The minimum atomic E-state index is -0.0685. The van der Waals surface area contributed by atoms with E-state index in [4.69, 9.17) is 9.47 Å². The van der Waals surface area contributed by atoms with Crippen LogP contribution in [0.15, 0.2) is 48.8 Å². The molecule has 6 heteroatoms. The summed E-state index contributed by atoms with van der Waals surface area (Å²) in [5.74, 6) is 2.12. The van der Waals surface area contributed by atoms with E-state index in [-0.39, 0.29) is 6.03 Å². The number of hydrogen-bond acceptors (Lipinski definition) is 4. The number of anilines is 1. The summed E-state index contributed by atoms with van der Waals surface area (Å²) < 4.78 is 11.0. The number of hydrogen-bond donors (Lipinski definition) is 1. The Morgan fingerprint density at radius 1 is 1.19 bits per heavy atom. The highest BCUT2D eigenvalue weighted by molar-refractivity contribution is 5.91. The number of benzene rings is 1. The zero-order valence-corrected chi connectivity index (χ0v) is 15.1. The molecule has 1 saturated heterocycles. The van der Waals surface area contributed by atoms with E-state index in [1.807, 2.05) is 41.3 Å². The Kier molecular flexibility index (Phi) is 6.30. The van der Waals surface area contributed by atoms with Crippen LogP contribution in [0.1, 0.15) is 19.3 Å². The van der Waals surface area contributed by atoms with Crippen LogP contribution in [-0.4, -0.2) is 42.7 Å². The van der Waals surface area contributed by atoms with Gasteiger partial charge < -0.3 is 19.7 Å². The number of carbonyl (C=O) groups excluding carboxylic acids is 1. The largest absolute Gasteiger partial charge is 0.495 e. The van der Waals surface area contributed by atoms with Gasteiger partial charge in [0.2, 0.25) is 0 Å². The maximum atomic E-state index is 12.5. The molecule has 0 bridgehead atoms. The monoisotopic (exact) mass is 355 g/mol. The van der Waals surface area contributed by atoms with Crippen LogP contribution in [0.3, 0.4) is 0 Å². The van der Waals surface area contributed by atoms with Gasteiger partial charge >= 0.3 is 6.03 Å². The van der Waals surface area contributed by atoms with Crippen LogP contribution in [0, 0.1) is 5.92 Å². The molecule has 0 saturated carbocycles. The highest BCUT2D eigenvalue weighted by Crippen LogP contribution is 2.25. The second-order valence-corrected chi connectivity index (χ2v) is 6.38. The van der Waals surface area contributed by atoms with Crippen molar-refractivity contribution < 1.29 is 14.3 Å². The lowest BCUT2D eigenvalue weighted by molar-refractivity contribution is 0.170. The van der Waals surface area contributed by atoms with Crippen molar-refractivity contribution in [1.82, 2.24) is 9.88 Å². The normalized spacial score (nSPS) is 14.7. The van der Waals surface area contributed by atoms with Crippen molar-refractivity contribution in [1.29, 1.82) is 0 Å². The second-order valence-electron chi connectivity index (χ2n) is 6.38. The highest BCUT2D eigenvalue weighted by Gasteiger charge is 2.23. The molecule has 0 radical (unpaired) electrons. The third-order valence-corrected chi connectivity index (χ3v) is 4.69. The average molecular weight is 355 g/mol. The molecule has 2 heterocycles. The Morgan fingerprint density at radius 3 is 2.65 bits per heavy atom. The van der Waals surface area contributed by atoms with Crippen molar-refractivity contribution in [3.8, 4) is 11.5 Å². The summed E-state index contributed by atoms with van der Waals surface area (Å²) in [4.78, 5) is 18.3. The van der Waals surface area contributed by atoms with Crippen LogP contribution in [0.4, 0.5) is 10.5 Å². The minimum absolute atomic E-state index is 0.0685. The van der Waals surface area contributed by atoms with Gasteiger partial charge in [-0.1, -0.05) is 12.1 Å². The fourth-order valence-electron chi connectivity index (χ4n) is 3.14. The van der Waals surface area contributed by atoms with E-state index in [1.54, 1.807) is 19.5 Å². The number of nitrogens with zero attached hydrogens (tertiary/aromatic N) is 2. The first kappa shape index (κ1) is 18.0. The average Bonchev–Trinajstić information content (AvgIpc) is 2.70. The van der Waals surface area contributed by atoms with Gasteiger partial charge in [0.05, 0.1) is 19.4 Å².